The zero-order valence-corrected chi connectivity index (χ0v) is 10.3. The van der Waals surface area contributed by atoms with Gasteiger partial charge in [0.2, 0.25) is 5.88 Å². The molecule has 2 aromatic rings. The quantitative estimate of drug-likeness (QED) is 0.918. The molecular formula is C13H13F2N3O. The Morgan fingerprint density at radius 3 is 2.74 bits per heavy atom. The maximum atomic E-state index is 13.6. The van der Waals surface area contributed by atoms with Gasteiger partial charge in [-0.15, -0.1) is 0 Å². The largest absolute Gasteiger partial charge is 0.480 e. The molecule has 0 aliphatic carbocycles. The number of nitrogens with two attached hydrogens (primary N) is 1. The summed E-state index contributed by atoms with van der Waals surface area (Å²) >= 11 is 0. The molecule has 0 bridgehead atoms. The topological polar surface area (TPSA) is 61.0 Å². The van der Waals surface area contributed by atoms with Gasteiger partial charge in [-0.1, -0.05) is 12.1 Å². The molecule has 2 rings (SSSR count). The van der Waals surface area contributed by atoms with E-state index in [2.05, 4.69) is 9.97 Å². The van der Waals surface area contributed by atoms with Gasteiger partial charge in [0.05, 0.1) is 13.2 Å². The van der Waals surface area contributed by atoms with E-state index in [9.17, 15) is 8.78 Å². The van der Waals surface area contributed by atoms with Crippen molar-refractivity contribution in [1.29, 1.82) is 0 Å². The molecule has 100 valence electrons. The summed E-state index contributed by atoms with van der Waals surface area (Å²) in [5, 5.41) is 0. The first kappa shape index (κ1) is 13.4. The molecule has 1 unspecified atom stereocenters. The maximum absolute atomic E-state index is 13.6. The smallest absolute Gasteiger partial charge is 0.236 e. The SMILES string of the molecule is COc1nccnc1C(N)Cc1cccc(F)c1F. The van der Waals surface area contributed by atoms with Crippen LogP contribution < -0.4 is 10.5 Å². The van der Waals surface area contributed by atoms with Crippen LogP contribution in [0.1, 0.15) is 17.3 Å². The zero-order valence-electron chi connectivity index (χ0n) is 10.3. The van der Waals surface area contributed by atoms with Gasteiger partial charge >= 0.3 is 0 Å². The zero-order chi connectivity index (χ0) is 13.8. The Hall–Kier alpha value is -2.08. The predicted octanol–water partition coefficient (Wildman–Crippen LogP) is 2.01. The van der Waals surface area contributed by atoms with Crippen LogP contribution >= 0.6 is 0 Å². The molecule has 1 heterocycles. The van der Waals surface area contributed by atoms with Crippen molar-refractivity contribution in [3.63, 3.8) is 0 Å². The molecule has 0 aliphatic rings. The number of halogens is 2. The Morgan fingerprint density at radius 2 is 2.00 bits per heavy atom. The van der Waals surface area contributed by atoms with Gasteiger partial charge in [0.1, 0.15) is 5.69 Å². The second-order valence-corrected chi connectivity index (χ2v) is 3.97. The van der Waals surface area contributed by atoms with E-state index in [1.807, 2.05) is 0 Å². The highest BCUT2D eigenvalue weighted by molar-refractivity contribution is 5.26. The average molecular weight is 265 g/mol. The fourth-order valence-corrected chi connectivity index (χ4v) is 1.79. The fourth-order valence-electron chi connectivity index (χ4n) is 1.79. The van der Waals surface area contributed by atoms with E-state index in [4.69, 9.17) is 10.5 Å². The lowest BCUT2D eigenvalue weighted by atomic mass is 10.0. The summed E-state index contributed by atoms with van der Waals surface area (Å²) in [6.07, 6.45) is 3.05. The Kier molecular flexibility index (Phi) is 4.01. The molecule has 1 aromatic heterocycles. The van der Waals surface area contributed by atoms with Crippen molar-refractivity contribution in [3.8, 4) is 5.88 Å². The average Bonchev–Trinajstić information content (AvgIpc) is 2.43. The van der Waals surface area contributed by atoms with Crippen molar-refractivity contribution in [3.05, 3.63) is 53.5 Å². The van der Waals surface area contributed by atoms with Crippen molar-refractivity contribution in [1.82, 2.24) is 9.97 Å². The van der Waals surface area contributed by atoms with Crippen molar-refractivity contribution >= 4 is 0 Å². The third-order valence-electron chi connectivity index (χ3n) is 2.71. The van der Waals surface area contributed by atoms with Crippen LogP contribution in [0.25, 0.3) is 0 Å². The first-order chi connectivity index (χ1) is 9.13. The number of hydrogen-bond acceptors (Lipinski definition) is 4. The van der Waals surface area contributed by atoms with Crippen LogP contribution in [0.15, 0.2) is 30.6 Å². The van der Waals surface area contributed by atoms with Gasteiger partial charge in [0.25, 0.3) is 0 Å². The molecule has 0 radical (unpaired) electrons. The summed E-state index contributed by atoms with van der Waals surface area (Å²) in [5.74, 6) is -1.50. The van der Waals surface area contributed by atoms with E-state index in [1.165, 1.54) is 31.6 Å². The Morgan fingerprint density at radius 1 is 1.26 bits per heavy atom. The predicted molar refractivity (Wildman–Crippen MR) is 65.6 cm³/mol. The number of rotatable bonds is 4. The molecule has 19 heavy (non-hydrogen) atoms. The van der Waals surface area contributed by atoms with Crippen molar-refractivity contribution < 1.29 is 13.5 Å². The fraction of sp³-hybridized carbons (Fsp3) is 0.231. The molecule has 0 fully saturated rings. The highest BCUT2D eigenvalue weighted by Crippen LogP contribution is 2.23. The number of hydrogen-bond donors (Lipinski definition) is 1. The summed E-state index contributed by atoms with van der Waals surface area (Å²) < 4.78 is 31.7. The monoisotopic (exact) mass is 265 g/mol. The van der Waals surface area contributed by atoms with Crippen LogP contribution in [0.3, 0.4) is 0 Å². The molecule has 1 aromatic carbocycles. The van der Waals surface area contributed by atoms with E-state index in [-0.39, 0.29) is 17.9 Å². The van der Waals surface area contributed by atoms with Gasteiger partial charge in [-0.25, -0.2) is 13.8 Å². The maximum Gasteiger partial charge on any atom is 0.236 e. The summed E-state index contributed by atoms with van der Waals surface area (Å²) in [5.41, 5.74) is 6.56. The van der Waals surface area contributed by atoms with Crippen LogP contribution in [0.5, 0.6) is 5.88 Å². The molecule has 0 saturated carbocycles. The highest BCUT2D eigenvalue weighted by Gasteiger charge is 2.17. The number of ether oxygens (including phenoxy) is 1. The normalized spacial score (nSPS) is 12.2. The molecule has 6 heteroatoms. The van der Waals surface area contributed by atoms with Crippen LogP contribution in [-0.2, 0) is 6.42 Å². The number of methoxy groups -OCH3 is 1. The van der Waals surface area contributed by atoms with Crippen LogP contribution in [-0.4, -0.2) is 17.1 Å². The van der Waals surface area contributed by atoms with E-state index >= 15 is 0 Å². The summed E-state index contributed by atoms with van der Waals surface area (Å²) in [4.78, 5) is 8.04. The Bertz CT molecular complexity index is 578. The Labute approximate surface area is 109 Å². The second kappa shape index (κ2) is 5.71. The molecule has 0 amide bonds. The number of nitrogens with zero attached hydrogens (tertiary/aromatic N) is 2. The molecule has 0 saturated heterocycles. The second-order valence-electron chi connectivity index (χ2n) is 3.97. The van der Waals surface area contributed by atoms with Crippen LogP contribution in [0.2, 0.25) is 0 Å². The Balaban J connectivity index is 2.26. The minimum atomic E-state index is -0.893. The van der Waals surface area contributed by atoms with Crippen LogP contribution in [0, 0.1) is 11.6 Å². The van der Waals surface area contributed by atoms with Gasteiger partial charge in [-0.2, -0.15) is 0 Å². The van der Waals surface area contributed by atoms with E-state index in [0.717, 1.165) is 6.07 Å². The third-order valence-corrected chi connectivity index (χ3v) is 2.71. The first-order valence-corrected chi connectivity index (χ1v) is 5.67. The molecule has 1 atom stereocenters. The standard InChI is InChI=1S/C13H13F2N3O/c1-19-13-12(17-5-6-18-13)10(16)7-8-3-2-4-9(14)11(8)15/h2-6,10H,7,16H2,1H3. The van der Waals surface area contributed by atoms with Gasteiger partial charge in [0, 0.05) is 12.4 Å². The molecule has 2 N–H and O–H groups in total. The molecule has 4 nitrogen and oxygen atoms in total. The van der Waals surface area contributed by atoms with Gasteiger partial charge < -0.3 is 10.5 Å². The van der Waals surface area contributed by atoms with Gasteiger partial charge in [-0.05, 0) is 18.1 Å². The van der Waals surface area contributed by atoms with E-state index in [0.29, 0.717) is 5.69 Å². The van der Waals surface area contributed by atoms with Crippen molar-refractivity contribution in [2.45, 2.75) is 12.5 Å². The van der Waals surface area contributed by atoms with Gasteiger partial charge in [0.15, 0.2) is 11.6 Å². The minimum Gasteiger partial charge on any atom is -0.480 e. The summed E-state index contributed by atoms with van der Waals surface area (Å²) in [6, 6.07) is 3.36. The lowest BCUT2D eigenvalue weighted by Crippen LogP contribution is -2.17. The number of benzene rings is 1. The van der Waals surface area contributed by atoms with Gasteiger partial charge in [-0.3, -0.25) is 4.98 Å². The van der Waals surface area contributed by atoms with E-state index in [1.54, 1.807) is 0 Å². The highest BCUT2D eigenvalue weighted by atomic mass is 19.2. The molecule has 0 spiro atoms. The number of aromatic nitrogens is 2. The third kappa shape index (κ3) is 2.85. The minimum absolute atomic E-state index is 0.110. The summed E-state index contributed by atoms with van der Waals surface area (Å²) in [6.45, 7) is 0. The summed E-state index contributed by atoms with van der Waals surface area (Å²) in [7, 11) is 1.45. The van der Waals surface area contributed by atoms with Crippen LogP contribution in [0.4, 0.5) is 8.78 Å². The lowest BCUT2D eigenvalue weighted by Gasteiger charge is -2.14. The van der Waals surface area contributed by atoms with Crippen molar-refractivity contribution in [2.75, 3.05) is 7.11 Å². The molecular weight excluding hydrogens is 252 g/mol. The van der Waals surface area contributed by atoms with Crippen molar-refractivity contribution in [2.24, 2.45) is 5.73 Å². The molecule has 0 aliphatic heterocycles. The lowest BCUT2D eigenvalue weighted by molar-refractivity contribution is 0.383. The first-order valence-electron chi connectivity index (χ1n) is 5.67. The van der Waals surface area contributed by atoms with E-state index < -0.39 is 17.7 Å².